The predicted molar refractivity (Wildman–Crippen MR) is 56.5 cm³/mol. The second-order valence-corrected chi connectivity index (χ2v) is 8.96. The Morgan fingerprint density at radius 1 is 1.57 bits per heavy atom. The van der Waals surface area contributed by atoms with Gasteiger partial charge >= 0.3 is 0 Å². The van der Waals surface area contributed by atoms with Crippen LogP contribution in [0.25, 0.3) is 0 Å². The van der Waals surface area contributed by atoms with Crippen LogP contribution in [0.3, 0.4) is 0 Å². The summed E-state index contributed by atoms with van der Waals surface area (Å²) in [5.74, 6) is 0. The van der Waals surface area contributed by atoms with Crippen LogP contribution in [0.15, 0.2) is 0 Å². The molecule has 0 amide bonds. The molecule has 0 bridgehead atoms. The molecule has 1 fully saturated rings. The van der Waals surface area contributed by atoms with Crippen molar-refractivity contribution in [2.75, 3.05) is 6.67 Å². The molecule has 2 radical (unpaired) electrons. The standard InChI is InChI=1S/C5H9BFO4PS2/c6-5-3(8)4(2(1-7)11-5)14-12(9,10)13/h2-5,8H,1H2,(H2,9,10,13)/t2-,3+,4?,5-/m1/s1. The van der Waals surface area contributed by atoms with Gasteiger partial charge in [-0.05, 0) is 11.8 Å². The Morgan fingerprint density at radius 3 is 2.57 bits per heavy atom. The molecule has 1 saturated heterocycles. The van der Waals surface area contributed by atoms with E-state index in [4.69, 9.17) is 22.4 Å². The molecule has 1 aliphatic heterocycles. The monoisotopic (exact) mass is 258 g/mol. The first-order valence-corrected chi connectivity index (χ1v) is 7.93. The highest BCUT2D eigenvalue weighted by molar-refractivity contribution is 8.67. The minimum atomic E-state index is -3.54. The SMILES string of the molecule is [B][C@@H]1O[C@H](CF)C(SP(O)(O)=S)[C@@H]1O. The van der Waals surface area contributed by atoms with Gasteiger partial charge in [-0.2, -0.15) is 0 Å². The van der Waals surface area contributed by atoms with Gasteiger partial charge in [-0.25, -0.2) is 4.39 Å². The summed E-state index contributed by atoms with van der Waals surface area (Å²) in [4.78, 5) is 18.0. The van der Waals surface area contributed by atoms with E-state index in [1.807, 2.05) is 0 Å². The van der Waals surface area contributed by atoms with Crippen molar-refractivity contribution in [1.29, 1.82) is 0 Å². The number of hydrogen-bond donors (Lipinski definition) is 3. The molecule has 1 rings (SSSR count). The van der Waals surface area contributed by atoms with Crippen molar-refractivity contribution >= 4 is 36.7 Å². The highest BCUT2D eigenvalue weighted by atomic mass is 32.9. The van der Waals surface area contributed by atoms with E-state index in [9.17, 15) is 9.50 Å². The summed E-state index contributed by atoms with van der Waals surface area (Å²) in [6.07, 6.45) is -2.08. The second-order valence-electron chi connectivity index (χ2n) is 2.84. The minimum Gasteiger partial charge on any atom is -0.390 e. The van der Waals surface area contributed by atoms with E-state index < -0.39 is 35.8 Å². The van der Waals surface area contributed by atoms with Gasteiger partial charge in [0.1, 0.15) is 20.6 Å². The van der Waals surface area contributed by atoms with Crippen LogP contribution in [0, 0.1) is 0 Å². The largest absolute Gasteiger partial charge is 0.390 e. The number of rotatable bonds is 3. The quantitative estimate of drug-likeness (QED) is 0.469. The maximum atomic E-state index is 12.4. The molecule has 14 heavy (non-hydrogen) atoms. The van der Waals surface area contributed by atoms with Gasteiger partial charge in [0.2, 0.25) is 5.69 Å². The second kappa shape index (κ2) is 4.78. The van der Waals surface area contributed by atoms with Crippen molar-refractivity contribution in [1.82, 2.24) is 0 Å². The molecule has 1 aliphatic rings. The first-order valence-electron chi connectivity index (χ1n) is 3.74. The highest BCUT2D eigenvalue weighted by Crippen LogP contribution is 2.56. The maximum Gasteiger partial charge on any atom is 0.242 e. The van der Waals surface area contributed by atoms with E-state index in [0.29, 0.717) is 11.4 Å². The predicted octanol–water partition coefficient (Wildman–Crippen LogP) is -0.479. The Bertz CT molecular complexity index is 252. The van der Waals surface area contributed by atoms with Gasteiger partial charge in [-0.3, -0.25) is 0 Å². The third kappa shape index (κ3) is 3.16. The number of aliphatic hydroxyl groups is 1. The highest BCUT2D eigenvalue weighted by Gasteiger charge is 2.43. The van der Waals surface area contributed by atoms with Gasteiger partial charge in [-0.15, -0.1) is 0 Å². The van der Waals surface area contributed by atoms with Gasteiger partial charge in [0.15, 0.2) is 0 Å². The Morgan fingerprint density at radius 2 is 2.14 bits per heavy atom. The van der Waals surface area contributed by atoms with Crippen LogP contribution in [-0.2, 0) is 16.5 Å². The zero-order valence-electron chi connectivity index (χ0n) is 6.99. The number of alkyl halides is 1. The Kier molecular flexibility index (Phi) is 4.41. The summed E-state index contributed by atoms with van der Waals surface area (Å²) in [6, 6.07) is -1.00. The summed E-state index contributed by atoms with van der Waals surface area (Å²) < 4.78 is 17.2. The molecule has 0 aromatic rings. The third-order valence-corrected chi connectivity index (χ3v) is 5.21. The Hall–Kier alpha value is 0.835. The first-order chi connectivity index (χ1) is 6.35. The average molecular weight is 258 g/mol. The summed E-state index contributed by atoms with van der Waals surface area (Å²) in [7, 11) is 5.32. The first kappa shape index (κ1) is 12.9. The molecule has 0 saturated carbocycles. The number of ether oxygens (including phenoxy) is 1. The summed E-state index contributed by atoms with van der Waals surface area (Å²) in [5, 5.41) is 8.61. The van der Waals surface area contributed by atoms with E-state index in [-0.39, 0.29) is 0 Å². The van der Waals surface area contributed by atoms with Gasteiger partial charge in [0.05, 0.1) is 11.4 Å². The normalized spacial score (nSPS) is 38.9. The Labute approximate surface area is 91.2 Å². The van der Waals surface area contributed by atoms with Crippen LogP contribution in [0.5, 0.6) is 0 Å². The van der Waals surface area contributed by atoms with Crippen LogP contribution < -0.4 is 0 Å². The lowest BCUT2D eigenvalue weighted by molar-refractivity contribution is 0.0491. The lowest BCUT2D eigenvalue weighted by Crippen LogP contribution is -2.30. The van der Waals surface area contributed by atoms with E-state index in [1.54, 1.807) is 0 Å². The average Bonchev–Trinajstić information content (AvgIpc) is 2.30. The zero-order valence-corrected chi connectivity index (χ0v) is 9.51. The molecule has 80 valence electrons. The molecule has 0 spiro atoms. The lowest BCUT2D eigenvalue weighted by atomic mass is 9.94. The molecule has 1 heterocycles. The summed E-state index contributed by atoms with van der Waals surface area (Å²) in [6.45, 7) is -0.849. The molecule has 9 heteroatoms. The van der Waals surface area contributed by atoms with Gasteiger partial charge < -0.3 is 19.6 Å². The smallest absolute Gasteiger partial charge is 0.242 e. The van der Waals surface area contributed by atoms with Crippen molar-refractivity contribution in [3.63, 3.8) is 0 Å². The molecular weight excluding hydrogens is 249 g/mol. The van der Waals surface area contributed by atoms with Crippen molar-refractivity contribution in [2.45, 2.75) is 23.5 Å². The van der Waals surface area contributed by atoms with Crippen molar-refractivity contribution in [3.8, 4) is 0 Å². The summed E-state index contributed by atoms with van der Waals surface area (Å²) >= 11 is 4.92. The number of hydrogen-bond acceptors (Lipinski definition) is 4. The van der Waals surface area contributed by atoms with Crippen LogP contribution in [0.2, 0.25) is 0 Å². The van der Waals surface area contributed by atoms with E-state index in [0.717, 1.165) is 0 Å². The minimum absolute atomic E-state index is 0.551. The van der Waals surface area contributed by atoms with Crippen LogP contribution in [0.4, 0.5) is 4.39 Å². The van der Waals surface area contributed by atoms with Gasteiger partial charge in [0, 0.05) is 6.00 Å². The van der Waals surface area contributed by atoms with Crippen molar-refractivity contribution in [3.05, 3.63) is 0 Å². The number of aliphatic hydroxyl groups excluding tert-OH is 1. The third-order valence-electron chi connectivity index (χ3n) is 1.78. The molecule has 4 atom stereocenters. The lowest BCUT2D eigenvalue weighted by Gasteiger charge is -2.19. The molecule has 4 nitrogen and oxygen atoms in total. The fraction of sp³-hybridized carbons (Fsp3) is 1.00. The number of halogens is 1. The molecular formula is C5H9BFO4PS2. The molecule has 1 unspecified atom stereocenters. The zero-order chi connectivity index (χ0) is 10.9. The fourth-order valence-electron chi connectivity index (χ4n) is 1.18. The van der Waals surface area contributed by atoms with E-state index in [1.165, 1.54) is 0 Å². The fourth-order valence-corrected chi connectivity index (χ4v) is 4.68. The van der Waals surface area contributed by atoms with Crippen LogP contribution in [-0.4, -0.2) is 52.9 Å². The van der Waals surface area contributed by atoms with Gasteiger partial charge in [-0.1, -0.05) is 11.4 Å². The Balaban J connectivity index is 2.69. The van der Waals surface area contributed by atoms with Crippen molar-refractivity contribution < 1.29 is 24.0 Å². The maximum absolute atomic E-state index is 12.4. The topological polar surface area (TPSA) is 69.9 Å². The van der Waals surface area contributed by atoms with E-state index in [2.05, 4.69) is 11.8 Å². The molecule has 0 aromatic carbocycles. The van der Waals surface area contributed by atoms with Crippen LogP contribution in [0.1, 0.15) is 0 Å². The van der Waals surface area contributed by atoms with Gasteiger partial charge in [0.25, 0.3) is 0 Å². The summed E-state index contributed by atoms with van der Waals surface area (Å²) in [5.41, 5.74) is -3.54. The van der Waals surface area contributed by atoms with Crippen LogP contribution >= 0.6 is 17.1 Å². The van der Waals surface area contributed by atoms with E-state index >= 15 is 0 Å². The molecule has 0 aliphatic carbocycles. The van der Waals surface area contributed by atoms with Crippen molar-refractivity contribution in [2.24, 2.45) is 0 Å². The molecule has 0 aromatic heterocycles. The molecule has 3 N–H and O–H groups in total.